The molecule has 0 aliphatic carbocycles. The van der Waals surface area contributed by atoms with Crippen molar-refractivity contribution in [2.45, 2.75) is 33.9 Å². The average molecular weight is 555 g/mol. The highest BCUT2D eigenvalue weighted by molar-refractivity contribution is 14.0. The van der Waals surface area contributed by atoms with Gasteiger partial charge in [-0.2, -0.15) is 10.2 Å². The highest BCUT2D eigenvalue weighted by Crippen LogP contribution is 2.18. The molecule has 0 fully saturated rings. The van der Waals surface area contributed by atoms with E-state index in [9.17, 15) is 0 Å². The number of aryl methyl sites for hydroxylation is 2. The zero-order valence-electron chi connectivity index (χ0n) is 19.2. The van der Waals surface area contributed by atoms with Gasteiger partial charge in [0.05, 0.1) is 23.6 Å². The van der Waals surface area contributed by atoms with E-state index in [4.69, 9.17) is 4.99 Å². The Morgan fingerprint density at radius 2 is 1.67 bits per heavy atom. The second-order valence-corrected chi connectivity index (χ2v) is 7.60. The molecule has 0 bridgehead atoms. The molecule has 172 valence electrons. The third-order valence-corrected chi connectivity index (χ3v) is 5.17. The Labute approximate surface area is 212 Å². The van der Waals surface area contributed by atoms with Crippen molar-refractivity contribution in [2.24, 2.45) is 4.99 Å². The predicted octanol–water partition coefficient (Wildman–Crippen LogP) is 4.55. The van der Waals surface area contributed by atoms with Crippen molar-refractivity contribution < 1.29 is 0 Å². The topological polar surface area (TPSA) is 72.1 Å². The van der Waals surface area contributed by atoms with Gasteiger partial charge in [-0.3, -0.25) is 0 Å². The summed E-state index contributed by atoms with van der Waals surface area (Å²) >= 11 is 0. The number of para-hydroxylation sites is 2. The normalized spacial score (nSPS) is 11.2. The summed E-state index contributed by atoms with van der Waals surface area (Å²) in [7, 11) is 0. The molecule has 0 aliphatic rings. The van der Waals surface area contributed by atoms with Gasteiger partial charge in [-0.25, -0.2) is 14.4 Å². The molecule has 2 aromatic carbocycles. The largest absolute Gasteiger partial charge is 0.357 e. The molecule has 0 spiro atoms. The lowest BCUT2D eigenvalue weighted by atomic mass is 10.1. The van der Waals surface area contributed by atoms with Crippen molar-refractivity contribution in [1.82, 2.24) is 30.2 Å². The summed E-state index contributed by atoms with van der Waals surface area (Å²) in [5.74, 6) is 0.769. The van der Waals surface area contributed by atoms with E-state index >= 15 is 0 Å². The summed E-state index contributed by atoms with van der Waals surface area (Å²) in [6, 6.07) is 20.5. The Kier molecular flexibility index (Phi) is 8.65. The molecule has 33 heavy (non-hydrogen) atoms. The van der Waals surface area contributed by atoms with E-state index in [1.807, 2.05) is 52.8 Å². The number of nitrogens with one attached hydrogen (secondary N) is 2. The van der Waals surface area contributed by atoms with E-state index in [1.165, 1.54) is 0 Å². The molecule has 0 unspecified atom stereocenters. The first-order valence-electron chi connectivity index (χ1n) is 10.9. The van der Waals surface area contributed by atoms with Crippen LogP contribution in [0.5, 0.6) is 0 Å². The molecule has 0 radical (unpaired) electrons. The van der Waals surface area contributed by atoms with Gasteiger partial charge in [-0.15, -0.1) is 24.0 Å². The first-order valence-corrected chi connectivity index (χ1v) is 10.9. The number of rotatable bonds is 7. The van der Waals surface area contributed by atoms with E-state index in [0.29, 0.717) is 13.1 Å². The first-order chi connectivity index (χ1) is 15.7. The number of nitrogens with zero attached hydrogens (tertiary/aromatic N) is 5. The van der Waals surface area contributed by atoms with Crippen LogP contribution in [0.25, 0.3) is 11.4 Å². The van der Waals surface area contributed by atoms with Crippen molar-refractivity contribution in [3.05, 3.63) is 95.6 Å². The SMILES string of the molecule is CCNC(=NCc1ccccc1-n1nc(C)cc1C)NCc1ccccc1-n1cccn1.I. The summed E-state index contributed by atoms with van der Waals surface area (Å²) in [6.45, 7) is 8.12. The molecule has 0 atom stereocenters. The van der Waals surface area contributed by atoms with Crippen molar-refractivity contribution in [2.75, 3.05) is 6.54 Å². The summed E-state index contributed by atoms with van der Waals surface area (Å²) in [6.07, 6.45) is 3.74. The molecule has 4 rings (SSSR count). The van der Waals surface area contributed by atoms with Crippen LogP contribution in [0.4, 0.5) is 0 Å². The van der Waals surface area contributed by atoms with Crippen LogP contribution in [0, 0.1) is 13.8 Å². The number of aliphatic imine (C=N–C) groups is 1. The molecule has 2 heterocycles. The van der Waals surface area contributed by atoms with Gasteiger partial charge in [0, 0.05) is 31.2 Å². The second kappa shape index (κ2) is 11.6. The summed E-state index contributed by atoms with van der Waals surface area (Å²) in [5.41, 5.74) is 6.49. The van der Waals surface area contributed by atoms with Crippen molar-refractivity contribution in [1.29, 1.82) is 0 Å². The third-order valence-electron chi connectivity index (χ3n) is 5.17. The number of halogens is 1. The summed E-state index contributed by atoms with van der Waals surface area (Å²) in [4.78, 5) is 4.84. The van der Waals surface area contributed by atoms with Gasteiger partial charge >= 0.3 is 0 Å². The Bertz CT molecular complexity index is 1200. The smallest absolute Gasteiger partial charge is 0.191 e. The first kappa shape index (κ1) is 24.5. The number of hydrogen-bond donors (Lipinski definition) is 2. The zero-order chi connectivity index (χ0) is 22.3. The minimum absolute atomic E-state index is 0. The molecule has 0 amide bonds. The lowest BCUT2D eigenvalue weighted by Crippen LogP contribution is -2.37. The van der Waals surface area contributed by atoms with Gasteiger partial charge in [0.15, 0.2) is 5.96 Å². The van der Waals surface area contributed by atoms with Gasteiger partial charge in [0.25, 0.3) is 0 Å². The Morgan fingerprint density at radius 1 is 0.939 bits per heavy atom. The Hall–Kier alpha value is -3.14. The van der Waals surface area contributed by atoms with Crippen LogP contribution in [0.2, 0.25) is 0 Å². The molecule has 0 aliphatic heterocycles. The van der Waals surface area contributed by atoms with Gasteiger partial charge in [-0.1, -0.05) is 36.4 Å². The maximum Gasteiger partial charge on any atom is 0.191 e. The Balaban J connectivity index is 0.00000306. The van der Waals surface area contributed by atoms with Crippen LogP contribution in [0.1, 0.15) is 29.4 Å². The predicted molar refractivity (Wildman–Crippen MR) is 144 cm³/mol. The van der Waals surface area contributed by atoms with Crippen LogP contribution >= 0.6 is 24.0 Å². The molecular weight excluding hydrogens is 525 g/mol. The van der Waals surface area contributed by atoms with E-state index < -0.39 is 0 Å². The molecule has 0 saturated heterocycles. The number of aromatic nitrogens is 4. The lowest BCUT2D eigenvalue weighted by molar-refractivity contribution is 0.790. The molecule has 8 heteroatoms. The quantitative estimate of drug-likeness (QED) is 0.200. The maximum atomic E-state index is 4.84. The second-order valence-electron chi connectivity index (χ2n) is 7.60. The van der Waals surface area contributed by atoms with Crippen LogP contribution in [0.3, 0.4) is 0 Å². The minimum atomic E-state index is 0. The lowest BCUT2D eigenvalue weighted by Gasteiger charge is -2.15. The van der Waals surface area contributed by atoms with Crippen molar-refractivity contribution >= 4 is 29.9 Å². The fourth-order valence-electron chi connectivity index (χ4n) is 3.70. The highest BCUT2D eigenvalue weighted by Gasteiger charge is 2.09. The number of guanidine groups is 1. The van der Waals surface area contributed by atoms with Crippen LogP contribution in [-0.4, -0.2) is 32.1 Å². The number of benzene rings is 2. The fraction of sp³-hybridized carbons (Fsp3) is 0.240. The monoisotopic (exact) mass is 555 g/mol. The maximum absolute atomic E-state index is 4.84. The van der Waals surface area contributed by atoms with E-state index in [2.05, 4.69) is 65.0 Å². The minimum Gasteiger partial charge on any atom is -0.357 e. The molecule has 4 aromatic rings. The van der Waals surface area contributed by atoms with Crippen molar-refractivity contribution in [3.8, 4) is 11.4 Å². The highest BCUT2D eigenvalue weighted by atomic mass is 127. The molecular formula is C25H30IN7. The van der Waals surface area contributed by atoms with Crippen LogP contribution in [-0.2, 0) is 13.1 Å². The van der Waals surface area contributed by atoms with Crippen LogP contribution in [0.15, 0.2) is 78.0 Å². The Morgan fingerprint density at radius 3 is 2.33 bits per heavy atom. The van der Waals surface area contributed by atoms with Gasteiger partial charge in [0.1, 0.15) is 0 Å². The number of hydrogen-bond acceptors (Lipinski definition) is 3. The average Bonchev–Trinajstić information content (AvgIpc) is 3.45. The standard InChI is InChI=1S/C25H29N7.HI/c1-4-26-25(27-17-21-10-5-7-12-23(21)31-15-9-14-29-31)28-18-22-11-6-8-13-24(22)32-20(3)16-19(2)30-32;/h5-16H,4,17-18H2,1-3H3,(H2,26,27,28);1H. The van der Waals surface area contributed by atoms with Gasteiger partial charge < -0.3 is 10.6 Å². The zero-order valence-corrected chi connectivity index (χ0v) is 21.5. The van der Waals surface area contributed by atoms with Gasteiger partial charge in [-0.05, 0) is 56.2 Å². The summed E-state index contributed by atoms with van der Waals surface area (Å²) < 4.78 is 3.87. The molecule has 7 nitrogen and oxygen atoms in total. The summed E-state index contributed by atoms with van der Waals surface area (Å²) in [5, 5.41) is 15.8. The van der Waals surface area contributed by atoms with Crippen molar-refractivity contribution in [3.63, 3.8) is 0 Å². The van der Waals surface area contributed by atoms with E-state index in [0.717, 1.165) is 46.4 Å². The van der Waals surface area contributed by atoms with Gasteiger partial charge in [0.2, 0.25) is 0 Å². The molecule has 2 aromatic heterocycles. The molecule has 0 saturated carbocycles. The van der Waals surface area contributed by atoms with E-state index in [-0.39, 0.29) is 24.0 Å². The molecule has 2 N–H and O–H groups in total. The third kappa shape index (κ3) is 6.01. The fourth-order valence-corrected chi connectivity index (χ4v) is 3.70. The van der Waals surface area contributed by atoms with Crippen LogP contribution < -0.4 is 10.6 Å². The van der Waals surface area contributed by atoms with E-state index in [1.54, 1.807) is 6.20 Å².